The van der Waals surface area contributed by atoms with Crippen molar-refractivity contribution in [3.63, 3.8) is 0 Å². The summed E-state index contributed by atoms with van der Waals surface area (Å²) in [5.41, 5.74) is -0.0971. The molecule has 1 amide bonds. The van der Waals surface area contributed by atoms with Crippen molar-refractivity contribution in [1.82, 2.24) is 0 Å². The molecule has 0 radical (unpaired) electrons. The molecule has 2 rings (SSSR count). The predicted molar refractivity (Wildman–Crippen MR) is 111 cm³/mol. The Balaban J connectivity index is 2.43. The number of halogens is 1. The van der Waals surface area contributed by atoms with Gasteiger partial charge in [0.2, 0.25) is 5.75 Å². The van der Waals surface area contributed by atoms with Gasteiger partial charge in [-0.2, -0.15) is 0 Å². The van der Waals surface area contributed by atoms with Crippen LogP contribution >= 0.6 is 15.9 Å². The zero-order chi connectivity index (χ0) is 21.6. The maximum absolute atomic E-state index is 12.9. The van der Waals surface area contributed by atoms with Gasteiger partial charge in [0, 0.05) is 0 Å². The highest BCUT2D eigenvalue weighted by Gasteiger charge is 2.25. The Morgan fingerprint density at radius 1 is 1.14 bits per heavy atom. The molecule has 0 aliphatic carbocycles. The van der Waals surface area contributed by atoms with E-state index < -0.39 is 10.8 Å². The first kappa shape index (κ1) is 22.3. The number of nitrogens with one attached hydrogen (secondary N) is 1. The van der Waals surface area contributed by atoms with Crippen molar-refractivity contribution in [3.05, 3.63) is 44.4 Å². The van der Waals surface area contributed by atoms with Crippen molar-refractivity contribution in [2.75, 3.05) is 33.3 Å². The summed E-state index contributed by atoms with van der Waals surface area (Å²) in [5.74, 6) is 0.596. The number of rotatable bonds is 9. The molecule has 10 heteroatoms. The molecule has 0 bridgehead atoms. The molecule has 9 nitrogen and oxygen atoms in total. The third-order valence-corrected chi connectivity index (χ3v) is 4.69. The number of nitrogens with zero attached hydrogens (tertiary/aromatic N) is 1. The Hall–Kier alpha value is -3.01. The monoisotopic (exact) mass is 468 g/mol. The fraction of sp³-hybridized carbons (Fsp3) is 0.316. The number of carbonyl (C=O) groups excluding carboxylic acids is 1. The molecule has 0 spiro atoms. The standard InChI is InChI=1S/C19H21BrN2O7/c1-5-8-29-11-6-7-13(14(9-11)22(24)25)21-19(23)12-10-15(26-2)17(27-3)18(28-4)16(12)20/h6-7,9-10H,5,8H2,1-4H3,(H,21,23). The number of methoxy groups -OCH3 is 3. The van der Waals surface area contributed by atoms with Crippen molar-refractivity contribution in [2.45, 2.75) is 13.3 Å². The number of nitro groups is 1. The van der Waals surface area contributed by atoms with Crippen LogP contribution in [0.3, 0.4) is 0 Å². The molecule has 0 fully saturated rings. The molecule has 2 aromatic rings. The van der Waals surface area contributed by atoms with Gasteiger partial charge in [0.05, 0.1) is 49.0 Å². The fourth-order valence-electron chi connectivity index (χ4n) is 2.55. The van der Waals surface area contributed by atoms with Gasteiger partial charge < -0.3 is 24.3 Å². The van der Waals surface area contributed by atoms with Crippen LogP contribution in [0.4, 0.5) is 11.4 Å². The smallest absolute Gasteiger partial charge is 0.296 e. The minimum Gasteiger partial charge on any atom is -0.493 e. The van der Waals surface area contributed by atoms with Gasteiger partial charge in [-0.05, 0) is 40.5 Å². The fourth-order valence-corrected chi connectivity index (χ4v) is 3.19. The molecule has 2 aromatic carbocycles. The first-order valence-corrected chi connectivity index (χ1v) is 9.38. The van der Waals surface area contributed by atoms with E-state index in [-0.39, 0.29) is 28.4 Å². The van der Waals surface area contributed by atoms with E-state index in [1.807, 2.05) is 6.92 Å². The van der Waals surface area contributed by atoms with E-state index >= 15 is 0 Å². The van der Waals surface area contributed by atoms with Crippen molar-refractivity contribution < 1.29 is 28.7 Å². The normalized spacial score (nSPS) is 10.2. The molecule has 0 aliphatic rings. The lowest BCUT2D eigenvalue weighted by atomic mass is 10.1. The van der Waals surface area contributed by atoms with E-state index in [9.17, 15) is 14.9 Å². The number of nitro benzene ring substituents is 1. The first-order valence-electron chi connectivity index (χ1n) is 8.58. The summed E-state index contributed by atoms with van der Waals surface area (Å²) in [6.07, 6.45) is 0.765. The van der Waals surface area contributed by atoms with Gasteiger partial charge in [-0.15, -0.1) is 0 Å². The van der Waals surface area contributed by atoms with Crippen LogP contribution in [-0.4, -0.2) is 38.8 Å². The van der Waals surface area contributed by atoms with Crippen molar-refractivity contribution >= 4 is 33.2 Å². The van der Waals surface area contributed by atoms with Crippen LogP contribution in [0.15, 0.2) is 28.7 Å². The molecule has 0 saturated carbocycles. The lowest BCUT2D eigenvalue weighted by Crippen LogP contribution is -2.15. The molecule has 1 N–H and O–H groups in total. The summed E-state index contributed by atoms with van der Waals surface area (Å²) < 4.78 is 21.6. The number of amides is 1. The van der Waals surface area contributed by atoms with Crippen LogP contribution in [0.1, 0.15) is 23.7 Å². The SMILES string of the molecule is CCCOc1ccc(NC(=O)c2cc(OC)c(OC)c(OC)c2Br)c([N+](=O)[O-])c1. The number of ether oxygens (including phenoxy) is 4. The number of anilines is 1. The van der Waals surface area contributed by atoms with Gasteiger partial charge in [0.1, 0.15) is 11.4 Å². The molecular weight excluding hydrogens is 448 g/mol. The second-order valence-electron chi connectivity index (χ2n) is 5.75. The lowest BCUT2D eigenvalue weighted by molar-refractivity contribution is -0.384. The largest absolute Gasteiger partial charge is 0.493 e. The Morgan fingerprint density at radius 3 is 2.38 bits per heavy atom. The molecule has 0 aromatic heterocycles. The van der Waals surface area contributed by atoms with Crippen LogP contribution in [0.25, 0.3) is 0 Å². The van der Waals surface area contributed by atoms with E-state index in [1.54, 1.807) is 6.07 Å². The van der Waals surface area contributed by atoms with E-state index in [0.29, 0.717) is 22.6 Å². The molecule has 29 heavy (non-hydrogen) atoms. The number of carbonyl (C=O) groups is 1. The van der Waals surface area contributed by atoms with Crippen LogP contribution in [0.5, 0.6) is 23.0 Å². The first-order chi connectivity index (χ1) is 13.9. The van der Waals surface area contributed by atoms with Gasteiger partial charge in [0.25, 0.3) is 11.6 Å². The third-order valence-electron chi connectivity index (χ3n) is 3.90. The molecule has 0 unspecified atom stereocenters. The topological polar surface area (TPSA) is 109 Å². The molecule has 0 aliphatic heterocycles. The average Bonchev–Trinajstić information content (AvgIpc) is 2.72. The summed E-state index contributed by atoms with van der Waals surface area (Å²) >= 11 is 3.32. The van der Waals surface area contributed by atoms with E-state index in [4.69, 9.17) is 18.9 Å². The maximum atomic E-state index is 12.9. The zero-order valence-corrected chi connectivity index (χ0v) is 18.0. The van der Waals surface area contributed by atoms with Crippen LogP contribution in [0.2, 0.25) is 0 Å². The average molecular weight is 469 g/mol. The van der Waals surface area contributed by atoms with E-state index in [1.165, 1.54) is 39.5 Å². The summed E-state index contributed by atoms with van der Waals surface area (Å²) in [4.78, 5) is 23.7. The van der Waals surface area contributed by atoms with Crippen molar-refractivity contribution in [1.29, 1.82) is 0 Å². The quantitative estimate of drug-likeness (QED) is 0.428. The van der Waals surface area contributed by atoms with Gasteiger partial charge in [0.15, 0.2) is 11.5 Å². The third kappa shape index (κ3) is 4.89. The lowest BCUT2D eigenvalue weighted by Gasteiger charge is -2.16. The highest BCUT2D eigenvalue weighted by Crippen LogP contribution is 2.45. The molecule has 0 atom stereocenters. The molecule has 156 valence electrons. The molecular formula is C19H21BrN2O7. The molecule has 0 saturated heterocycles. The van der Waals surface area contributed by atoms with Crippen LogP contribution < -0.4 is 24.3 Å². The highest BCUT2D eigenvalue weighted by molar-refractivity contribution is 9.10. The Kier molecular flexibility index (Phi) is 7.66. The summed E-state index contributed by atoms with van der Waals surface area (Å²) in [6.45, 7) is 2.36. The second-order valence-corrected chi connectivity index (χ2v) is 6.54. The van der Waals surface area contributed by atoms with E-state index in [0.717, 1.165) is 6.42 Å². The predicted octanol–water partition coefficient (Wildman–Crippen LogP) is 4.42. The van der Waals surface area contributed by atoms with Crippen LogP contribution in [-0.2, 0) is 0 Å². The summed E-state index contributed by atoms with van der Waals surface area (Å²) in [5, 5.41) is 14.0. The van der Waals surface area contributed by atoms with E-state index in [2.05, 4.69) is 21.2 Å². The summed E-state index contributed by atoms with van der Waals surface area (Å²) in [7, 11) is 4.29. The maximum Gasteiger partial charge on any atom is 0.296 e. The number of hydrogen-bond donors (Lipinski definition) is 1. The minimum absolute atomic E-state index is 0.0319. The summed E-state index contributed by atoms with van der Waals surface area (Å²) in [6, 6.07) is 5.70. The second kappa shape index (κ2) is 9.97. The minimum atomic E-state index is -0.596. The van der Waals surface area contributed by atoms with Gasteiger partial charge in [-0.3, -0.25) is 14.9 Å². The number of benzene rings is 2. The van der Waals surface area contributed by atoms with Gasteiger partial charge in [-0.25, -0.2) is 0 Å². The Labute approximate surface area is 176 Å². The molecule has 0 heterocycles. The number of hydrogen-bond acceptors (Lipinski definition) is 7. The Bertz CT molecular complexity index is 918. The van der Waals surface area contributed by atoms with Gasteiger partial charge >= 0.3 is 0 Å². The van der Waals surface area contributed by atoms with Gasteiger partial charge in [-0.1, -0.05) is 6.92 Å². The van der Waals surface area contributed by atoms with Crippen molar-refractivity contribution in [3.8, 4) is 23.0 Å². The Morgan fingerprint density at radius 2 is 1.83 bits per heavy atom. The highest BCUT2D eigenvalue weighted by atomic mass is 79.9. The van der Waals surface area contributed by atoms with Crippen LogP contribution in [0, 0.1) is 10.1 Å². The van der Waals surface area contributed by atoms with Crippen molar-refractivity contribution in [2.24, 2.45) is 0 Å². The zero-order valence-electron chi connectivity index (χ0n) is 16.4.